The molecule has 2 aliphatic rings. The molecule has 1 aliphatic heterocycles. The number of ketones is 2. The Balaban J connectivity index is 1.69. The minimum absolute atomic E-state index is 0.0762. The van der Waals surface area contributed by atoms with Crippen molar-refractivity contribution in [2.45, 2.75) is 12.8 Å². The highest BCUT2D eigenvalue weighted by atomic mass is 16.3. The third-order valence-electron chi connectivity index (χ3n) is 6.12. The van der Waals surface area contributed by atoms with Crippen LogP contribution in [-0.2, 0) is 9.59 Å². The number of hydrogen-bond donors (Lipinski definition) is 1. The lowest BCUT2D eigenvalue weighted by molar-refractivity contribution is -0.120. The molecular weight excluding hydrogens is 416 g/mol. The van der Waals surface area contributed by atoms with Gasteiger partial charge in [-0.1, -0.05) is 72.8 Å². The zero-order chi connectivity index (χ0) is 23.1. The van der Waals surface area contributed by atoms with Gasteiger partial charge in [0.2, 0.25) is 11.6 Å². The molecule has 6 nitrogen and oxygen atoms in total. The van der Waals surface area contributed by atoms with Crippen LogP contribution < -0.4 is 5.01 Å². The molecule has 3 aromatic carbocycles. The minimum atomic E-state index is -0.874. The van der Waals surface area contributed by atoms with Crippen molar-refractivity contribution >= 4 is 34.6 Å². The van der Waals surface area contributed by atoms with Crippen molar-refractivity contribution in [2.24, 2.45) is 11.0 Å². The van der Waals surface area contributed by atoms with Gasteiger partial charge in [-0.05, 0) is 24.6 Å². The lowest BCUT2D eigenvalue weighted by Gasteiger charge is -2.28. The van der Waals surface area contributed by atoms with Crippen LogP contribution in [0.1, 0.15) is 34.3 Å². The van der Waals surface area contributed by atoms with Gasteiger partial charge in [0, 0.05) is 22.8 Å². The molecular formula is C27H20N2O4. The number of nitrogens with zero attached hydrogens (tertiary/aromatic N) is 2. The molecule has 6 heteroatoms. The fourth-order valence-corrected chi connectivity index (χ4v) is 4.58. The van der Waals surface area contributed by atoms with Crippen molar-refractivity contribution in [1.82, 2.24) is 0 Å². The van der Waals surface area contributed by atoms with Crippen LogP contribution in [0.4, 0.5) is 5.69 Å². The second-order valence-corrected chi connectivity index (χ2v) is 8.06. The molecule has 0 spiro atoms. The number of hydrogen-bond acceptors (Lipinski definition) is 5. The van der Waals surface area contributed by atoms with Crippen molar-refractivity contribution < 1.29 is 19.5 Å². The molecule has 1 N–H and O–H groups in total. The summed E-state index contributed by atoms with van der Waals surface area (Å²) in [4.78, 5) is 39.9. The Morgan fingerprint density at radius 3 is 2.03 bits per heavy atom. The van der Waals surface area contributed by atoms with E-state index in [0.29, 0.717) is 17.0 Å². The van der Waals surface area contributed by atoms with Gasteiger partial charge in [0.15, 0.2) is 0 Å². The fraction of sp³-hybridized carbons (Fsp3) is 0.111. The number of amides is 1. The minimum Gasteiger partial charge on any atom is -0.507 e. The van der Waals surface area contributed by atoms with E-state index in [4.69, 9.17) is 0 Å². The number of Topliss-reactive ketones (excluding diaryl/α,β-unsaturated/α-hetero) is 2. The van der Waals surface area contributed by atoms with E-state index in [1.165, 1.54) is 11.1 Å². The summed E-state index contributed by atoms with van der Waals surface area (Å²) in [5.41, 5.74) is 2.11. The first kappa shape index (κ1) is 20.6. The van der Waals surface area contributed by atoms with Crippen molar-refractivity contribution in [2.75, 3.05) is 5.01 Å². The van der Waals surface area contributed by atoms with Crippen LogP contribution >= 0.6 is 0 Å². The maximum absolute atomic E-state index is 13.6. The summed E-state index contributed by atoms with van der Waals surface area (Å²) in [7, 11) is 0. The van der Waals surface area contributed by atoms with E-state index in [1.54, 1.807) is 61.5 Å². The number of allylic oxidation sites excluding steroid dienone is 1. The number of benzene rings is 3. The number of carbonyl (C=O) groups excluding carboxylic acids is 3. The normalized spacial score (nSPS) is 18.9. The van der Waals surface area contributed by atoms with Crippen molar-refractivity contribution in [3.63, 3.8) is 0 Å². The highest BCUT2D eigenvalue weighted by Crippen LogP contribution is 2.43. The van der Waals surface area contributed by atoms with Gasteiger partial charge in [-0.3, -0.25) is 14.4 Å². The number of anilines is 1. The third kappa shape index (κ3) is 3.27. The first-order valence-corrected chi connectivity index (χ1v) is 10.6. The maximum atomic E-state index is 13.6. The maximum Gasteiger partial charge on any atom is 0.257 e. The van der Waals surface area contributed by atoms with E-state index in [9.17, 15) is 19.5 Å². The van der Waals surface area contributed by atoms with Gasteiger partial charge in [-0.2, -0.15) is 5.10 Å². The van der Waals surface area contributed by atoms with Gasteiger partial charge < -0.3 is 5.11 Å². The SMILES string of the molecule is CC1=NN(c2ccccc2)C(=O)C1C(C1=C(O)c2ccccc2C(=O)C1=O)c1ccccc1. The lowest BCUT2D eigenvalue weighted by Crippen LogP contribution is -2.36. The zero-order valence-electron chi connectivity index (χ0n) is 17.8. The van der Waals surface area contributed by atoms with Gasteiger partial charge >= 0.3 is 0 Å². The van der Waals surface area contributed by atoms with Gasteiger partial charge in [0.05, 0.1) is 17.2 Å². The van der Waals surface area contributed by atoms with E-state index in [2.05, 4.69) is 5.10 Å². The van der Waals surface area contributed by atoms with Gasteiger partial charge in [-0.25, -0.2) is 5.01 Å². The van der Waals surface area contributed by atoms with Crippen LogP contribution in [0, 0.1) is 5.92 Å². The fourth-order valence-electron chi connectivity index (χ4n) is 4.58. The Bertz CT molecular complexity index is 1340. The highest BCUT2D eigenvalue weighted by Gasteiger charge is 2.47. The molecule has 0 saturated carbocycles. The standard InChI is InChI=1S/C27H20N2O4/c1-16-21(27(33)29(28-16)18-12-6-3-7-13-18)22(17-10-4-2-5-11-17)23-24(30)19-14-8-9-15-20(19)25(31)26(23)32/h2-15,21-22,30H,1H3. The molecule has 2 atom stereocenters. The second-order valence-electron chi connectivity index (χ2n) is 8.06. The molecule has 162 valence electrons. The topological polar surface area (TPSA) is 87.0 Å². The van der Waals surface area contributed by atoms with Crippen LogP contribution in [-0.4, -0.2) is 28.3 Å². The first-order valence-electron chi connectivity index (χ1n) is 10.6. The van der Waals surface area contributed by atoms with E-state index in [-0.39, 0.29) is 28.4 Å². The quantitative estimate of drug-likeness (QED) is 0.608. The molecule has 1 heterocycles. The zero-order valence-corrected chi connectivity index (χ0v) is 17.8. The summed E-state index contributed by atoms with van der Waals surface area (Å²) in [6.07, 6.45) is 0. The number of aliphatic hydroxyl groups is 1. The Labute approximate surface area is 190 Å². The Kier molecular flexibility index (Phi) is 4.98. The molecule has 33 heavy (non-hydrogen) atoms. The molecule has 0 aromatic heterocycles. The van der Waals surface area contributed by atoms with E-state index in [0.717, 1.165) is 0 Å². The Morgan fingerprint density at radius 1 is 0.788 bits per heavy atom. The van der Waals surface area contributed by atoms with Crippen molar-refractivity contribution in [3.05, 3.63) is 107 Å². The summed E-state index contributed by atoms with van der Waals surface area (Å²) < 4.78 is 0. The second kappa shape index (κ2) is 7.98. The number of fused-ring (bicyclic) bond motifs is 1. The van der Waals surface area contributed by atoms with Crippen LogP contribution in [0.25, 0.3) is 5.76 Å². The van der Waals surface area contributed by atoms with Crippen LogP contribution in [0.2, 0.25) is 0 Å². The summed E-state index contributed by atoms with van der Waals surface area (Å²) >= 11 is 0. The van der Waals surface area contributed by atoms with E-state index in [1.807, 2.05) is 24.3 Å². The number of hydrazone groups is 1. The predicted octanol–water partition coefficient (Wildman–Crippen LogP) is 4.54. The van der Waals surface area contributed by atoms with Crippen molar-refractivity contribution in [1.29, 1.82) is 0 Å². The molecule has 0 saturated heterocycles. The number of aliphatic hydroxyl groups excluding tert-OH is 1. The van der Waals surface area contributed by atoms with Crippen LogP contribution in [0.15, 0.2) is 95.6 Å². The largest absolute Gasteiger partial charge is 0.507 e. The lowest BCUT2D eigenvalue weighted by atomic mass is 9.72. The smallest absolute Gasteiger partial charge is 0.257 e. The van der Waals surface area contributed by atoms with E-state index < -0.39 is 23.4 Å². The highest BCUT2D eigenvalue weighted by molar-refractivity contribution is 6.52. The first-order chi connectivity index (χ1) is 16.0. The summed E-state index contributed by atoms with van der Waals surface area (Å²) in [5.74, 6) is -3.83. The molecule has 1 amide bonds. The average Bonchev–Trinajstić information content (AvgIpc) is 3.15. The molecule has 0 radical (unpaired) electrons. The van der Waals surface area contributed by atoms with Gasteiger partial charge in [0.25, 0.3) is 5.91 Å². The Hall–Kier alpha value is -4.32. The average molecular weight is 436 g/mol. The number of carbonyl (C=O) groups is 3. The summed E-state index contributed by atoms with van der Waals surface area (Å²) in [5, 5.41) is 17.0. The summed E-state index contributed by atoms with van der Waals surface area (Å²) in [6.45, 7) is 1.72. The van der Waals surface area contributed by atoms with Crippen molar-refractivity contribution in [3.8, 4) is 0 Å². The summed E-state index contributed by atoms with van der Waals surface area (Å²) in [6, 6.07) is 24.5. The monoisotopic (exact) mass is 436 g/mol. The molecule has 1 aliphatic carbocycles. The third-order valence-corrected chi connectivity index (χ3v) is 6.12. The van der Waals surface area contributed by atoms with E-state index >= 15 is 0 Å². The predicted molar refractivity (Wildman–Crippen MR) is 125 cm³/mol. The molecule has 3 aromatic rings. The van der Waals surface area contributed by atoms with Crippen LogP contribution in [0.5, 0.6) is 0 Å². The van der Waals surface area contributed by atoms with Crippen LogP contribution in [0.3, 0.4) is 0 Å². The van der Waals surface area contributed by atoms with Gasteiger partial charge in [0.1, 0.15) is 5.76 Å². The number of rotatable bonds is 4. The van der Waals surface area contributed by atoms with Gasteiger partial charge in [-0.15, -0.1) is 0 Å². The molecule has 5 rings (SSSR count). The number of para-hydroxylation sites is 1. The molecule has 2 unspecified atom stereocenters. The molecule has 0 fully saturated rings. The Morgan fingerprint density at radius 2 is 1.36 bits per heavy atom. The molecule has 0 bridgehead atoms.